The molecule has 0 saturated carbocycles. The lowest BCUT2D eigenvalue weighted by Crippen LogP contribution is -3.14. The highest BCUT2D eigenvalue weighted by molar-refractivity contribution is 6.42. The maximum Gasteiger partial charge on any atom is 0.244 e. The molecule has 1 atom stereocenters. The van der Waals surface area contributed by atoms with Crippen molar-refractivity contribution in [2.24, 2.45) is 0 Å². The molecule has 2 N–H and O–H groups in total. The summed E-state index contributed by atoms with van der Waals surface area (Å²) in [4.78, 5) is 14.0. The number of benzene rings is 2. The van der Waals surface area contributed by atoms with E-state index in [0.717, 1.165) is 44.0 Å². The van der Waals surface area contributed by atoms with Gasteiger partial charge in [0.15, 0.2) is 0 Å². The molecule has 2 aromatic rings. The van der Waals surface area contributed by atoms with Gasteiger partial charge in [0.25, 0.3) is 0 Å². The normalized spacial score (nSPS) is 16.4. The molecule has 1 aliphatic rings. The van der Waals surface area contributed by atoms with Gasteiger partial charge in [0.05, 0.1) is 23.3 Å². The molecule has 142 valence electrons. The molecule has 0 aromatic heterocycles. The van der Waals surface area contributed by atoms with E-state index in [1.165, 1.54) is 11.0 Å². The van der Waals surface area contributed by atoms with Crippen molar-refractivity contribution in [3.63, 3.8) is 0 Å². The van der Waals surface area contributed by atoms with Crippen LogP contribution in [0.2, 0.25) is 10.0 Å². The fourth-order valence-electron chi connectivity index (χ4n) is 3.12. The molecule has 0 bridgehead atoms. The van der Waals surface area contributed by atoms with Crippen LogP contribution in [0.5, 0.6) is 0 Å². The molecule has 1 heterocycles. The van der Waals surface area contributed by atoms with Gasteiger partial charge in [-0.3, -0.25) is 4.79 Å². The molecule has 1 amide bonds. The van der Waals surface area contributed by atoms with Gasteiger partial charge in [-0.15, -0.1) is 0 Å². The Kier molecular flexibility index (Phi) is 7.30. The molecule has 3 rings (SSSR count). The Hall–Kier alpha value is -1.85. The minimum absolute atomic E-state index is 0.0636. The van der Waals surface area contributed by atoms with E-state index in [1.807, 2.05) is 36.4 Å². The molecule has 2 aromatic carbocycles. The zero-order valence-corrected chi connectivity index (χ0v) is 16.5. The van der Waals surface area contributed by atoms with E-state index < -0.39 is 0 Å². The fourth-order valence-corrected chi connectivity index (χ4v) is 3.50. The molecule has 27 heavy (non-hydrogen) atoms. The van der Waals surface area contributed by atoms with Crippen LogP contribution >= 0.6 is 23.2 Å². The highest BCUT2D eigenvalue weighted by Gasteiger charge is 2.22. The summed E-state index contributed by atoms with van der Waals surface area (Å²) < 4.78 is 5.43. The smallest absolute Gasteiger partial charge is 0.244 e. The van der Waals surface area contributed by atoms with Crippen LogP contribution in [0.1, 0.15) is 17.2 Å². The summed E-state index contributed by atoms with van der Waals surface area (Å²) in [7, 11) is 0. The molecule has 1 aliphatic heterocycles. The van der Waals surface area contributed by atoms with Crippen LogP contribution in [0, 0.1) is 0 Å². The Labute approximate surface area is 169 Å². The number of morpholine rings is 1. The average Bonchev–Trinajstić information content (AvgIpc) is 2.70. The van der Waals surface area contributed by atoms with Crippen molar-refractivity contribution in [3.05, 3.63) is 75.8 Å². The molecule has 0 radical (unpaired) electrons. The molecule has 6 heteroatoms. The van der Waals surface area contributed by atoms with Gasteiger partial charge < -0.3 is 15.0 Å². The largest absolute Gasteiger partial charge is 0.370 e. The zero-order chi connectivity index (χ0) is 19.1. The Balaban J connectivity index is 1.69. The summed E-state index contributed by atoms with van der Waals surface area (Å²) in [5, 5.41) is 4.04. The van der Waals surface area contributed by atoms with E-state index in [1.54, 1.807) is 18.2 Å². The standard InChI is InChI=1S/C21H22Cl2N2O2/c22-18-8-4-7-17(21(18)23)9-10-20(26)24-19(16-5-2-1-3-6-16)15-25-11-13-27-14-12-25/h1-10,19H,11-15H2,(H,24,26)/p+1/b10-9+/t19-/m1/s1. The second-order valence-corrected chi connectivity index (χ2v) is 7.30. The number of halogens is 2. The minimum Gasteiger partial charge on any atom is -0.370 e. The van der Waals surface area contributed by atoms with Crippen molar-refractivity contribution in [2.45, 2.75) is 6.04 Å². The Bertz CT molecular complexity index is 790. The molecule has 4 nitrogen and oxygen atoms in total. The molecule has 0 spiro atoms. The number of nitrogens with one attached hydrogen (secondary N) is 2. The first-order valence-corrected chi connectivity index (χ1v) is 9.78. The second-order valence-electron chi connectivity index (χ2n) is 6.51. The Morgan fingerprint density at radius 1 is 1.11 bits per heavy atom. The first-order chi connectivity index (χ1) is 13.1. The van der Waals surface area contributed by atoms with Crippen molar-refractivity contribution in [1.29, 1.82) is 0 Å². The Morgan fingerprint density at radius 2 is 1.85 bits per heavy atom. The van der Waals surface area contributed by atoms with E-state index >= 15 is 0 Å². The fraction of sp³-hybridized carbons (Fsp3) is 0.286. The highest BCUT2D eigenvalue weighted by Crippen LogP contribution is 2.26. The van der Waals surface area contributed by atoms with Gasteiger partial charge in [0.2, 0.25) is 5.91 Å². The van der Waals surface area contributed by atoms with Gasteiger partial charge in [-0.05, 0) is 23.3 Å². The van der Waals surface area contributed by atoms with E-state index in [-0.39, 0.29) is 11.9 Å². The summed E-state index contributed by atoms with van der Waals surface area (Å²) in [6.45, 7) is 4.25. The lowest BCUT2D eigenvalue weighted by molar-refractivity contribution is -0.909. The van der Waals surface area contributed by atoms with Crippen LogP contribution in [0.3, 0.4) is 0 Å². The number of amides is 1. The minimum atomic E-state index is -0.160. The van der Waals surface area contributed by atoms with Crippen LogP contribution in [0.15, 0.2) is 54.6 Å². The quantitative estimate of drug-likeness (QED) is 0.725. The number of quaternary nitrogens is 1. The number of carbonyl (C=O) groups is 1. The van der Waals surface area contributed by atoms with Crippen molar-refractivity contribution in [2.75, 3.05) is 32.8 Å². The summed E-state index contributed by atoms with van der Waals surface area (Å²) >= 11 is 12.2. The average molecular weight is 406 g/mol. The summed E-state index contributed by atoms with van der Waals surface area (Å²) in [5.74, 6) is -0.160. The van der Waals surface area contributed by atoms with Gasteiger partial charge in [-0.2, -0.15) is 0 Å². The van der Waals surface area contributed by atoms with Crippen LogP contribution in [-0.4, -0.2) is 38.8 Å². The Morgan fingerprint density at radius 3 is 2.59 bits per heavy atom. The predicted octanol–water partition coefficient (Wildman–Crippen LogP) is 2.78. The third-order valence-corrected chi connectivity index (χ3v) is 5.44. The number of hydrogen-bond donors (Lipinski definition) is 2. The third-order valence-electron chi connectivity index (χ3n) is 4.61. The van der Waals surface area contributed by atoms with E-state index in [4.69, 9.17) is 27.9 Å². The molecule has 0 aliphatic carbocycles. The van der Waals surface area contributed by atoms with E-state index in [9.17, 15) is 4.79 Å². The number of rotatable bonds is 6. The second kappa shape index (κ2) is 9.90. The van der Waals surface area contributed by atoms with Crippen molar-refractivity contribution in [3.8, 4) is 0 Å². The van der Waals surface area contributed by atoms with Crippen molar-refractivity contribution < 1.29 is 14.4 Å². The number of ether oxygens (including phenoxy) is 1. The third kappa shape index (κ3) is 5.81. The van der Waals surface area contributed by atoms with Gasteiger partial charge in [-0.25, -0.2) is 0 Å². The topological polar surface area (TPSA) is 42.8 Å². The SMILES string of the molecule is O=C(/C=C/c1cccc(Cl)c1Cl)N[C@H](C[NH+]1CCOCC1)c1ccccc1. The maximum absolute atomic E-state index is 12.5. The zero-order valence-electron chi connectivity index (χ0n) is 15.0. The monoisotopic (exact) mass is 405 g/mol. The van der Waals surface area contributed by atoms with Crippen LogP contribution in [-0.2, 0) is 9.53 Å². The van der Waals surface area contributed by atoms with Crippen LogP contribution in [0.4, 0.5) is 0 Å². The molecule has 1 saturated heterocycles. The first kappa shape index (κ1) is 19.9. The maximum atomic E-state index is 12.5. The number of hydrogen-bond acceptors (Lipinski definition) is 2. The van der Waals surface area contributed by atoms with Crippen molar-refractivity contribution in [1.82, 2.24) is 5.32 Å². The van der Waals surface area contributed by atoms with Crippen LogP contribution in [0.25, 0.3) is 6.08 Å². The molecular weight excluding hydrogens is 383 g/mol. The summed E-state index contributed by atoms with van der Waals surface area (Å²) in [6.07, 6.45) is 3.19. The molecular formula is C21H23Cl2N2O2+. The number of carbonyl (C=O) groups excluding carboxylic acids is 1. The first-order valence-electron chi connectivity index (χ1n) is 9.02. The molecule has 1 fully saturated rings. The van der Waals surface area contributed by atoms with E-state index in [0.29, 0.717) is 10.0 Å². The van der Waals surface area contributed by atoms with Gasteiger partial charge in [-0.1, -0.05) is 65.7 Å². The van der Waals surface area contributed by atoms with E-state index in [2.05, 4.69) is 5.32 Å². The lowest BCUT2D eigenvalue weighted by atomic mass is 10.1. The predicted molar refractivity (Wildman–Crippen MR) is 109 cm³/mol. The highest BCUT2D eigenvalue weighted by atomic mass is 35.5. The molecule has 0 unspecified atom stereocenters. The lowest BCUT2D eigenvalue weighted by Gasteiger charge is -2.28. The van der Waals surface area contributed by atoms with Gasteiger partial charge in [0.1, 0.15) is 25.7 Å². The van der Waals surface area contributed by atoms with Gasteiger partial charge >= 0.3 is 0 Å². The van der Waals surface area contributed by atoms with Crippen LogP contribution < -0.4 is 10.2 Å². The summed E-state index contributed by atoms with van der Waals surface area (Å²) in [5.41, 5.74) is 1.81. The van der Waals surface area contributed by atoms with Crippen molar-refractivity contribution >= 4 is 35.2 Å². The summed E-state index contributed by atoms with van der Waals surface area (Å²) in [6, 6.07) is 15.3. The van der Waals surface area contributed by atoms with Gasteiger partial charge in [0, 0.05) is 6.08 Å².